The van der Waals surface area contributed by atoms with Crippen LogP contribution < -0.4 is 5.32 Å². The molecule has 0 saturated carbocycles. The molecule has 1 unspecified atom stereocenters. The number of urea groups is 1. The highest BCUT2D eigenvalue weighted by Gasteiger charge is 2.27. The Morgan fingerprint density at radius 3 is 2.87 bits per heavy atom. The highest BCUT2D eigenvalue weighted by Crippen LogP contribution is 2.35. The minimum absolute atomic E-state index is 0.0499. The summed E-state index contributed by atoms with van der Waals surface area (Å²) in [6.45, 7) is 0. The van der Waals surface area contributed by atoms with E-state index < -0.39 is 0 Å². The van der Waals surface area contributed by atoms with Gasteiger partial charge < -0.3 is 5.32 Å². The van der Waals surface area contributed by atoms with Crippen molar-refractivity contribution in [3.63, 3.8) is 0 Å². The van der Waals surface area contributed by atoms with Crippen molar-refractivity contribution in [1.29, 1.82) is 0 Å². The Bertz CT molecular complexity index is 380. The molecule has 0 radical (unpaired) electrons. The third-order valence-corrected chi connectivity index (χ3v) is 3.04. The van der Waals surface area contributed by atoms with Gasteiger partial charge >= 0.3 is 6.03 Å². The average Bonchev–Trinajstić information content (AvgIpc) is 2.78. The van der Waals surface area contributed by atoms with Crippen LogP contribution in [0.4, 0.5) is 4.79 Å². The standard InChI is InChI=1S/C10H11N3OS/c1-11-10(14)13-9(15-7-12-13)8-5-3-2-4-6-8/h2-7,9H,1H3,(H,11,14). The van der Waals surface area contributed by atoms with Crippen LogP contribution in [0.3, 0.4) is 0 Å². The van der Waals surface area contributed by atoms with Crippen molar-refractivity contribution in [3.8, 4) is 0 Å². The quantitative estimate of drug-likeness (QED) is 0.788. The van der Waals surface area contributed by atoms with Gasteiger partial charge in [-0.25, -0.2) is 4.79 Å². The molecule has 1 atom stereocenters. The summed E-state index contributed by atoms with van der Waals surface area (Å²) in [5.74, 6) is 0. The Hall–Kier alpha value is -1.49. The van der Waals surface area contributed by atoms with Crippen LogP contribution in [0.15, 0.2) is 35.4 Å². The molecular weight excluding hydrogens is 210 g/mol. The highest BCUT2D eigenvalue weighted by molar-refractivity contribution is 8.12. The Morgan fingerprint density at radius 1 is 1.47 bits per heavy atom. The summed E-state index contributed by atoms with van der Waals surface area (Å²) in [5, 5.41) is 7.98. The fourth-order valence-corrected chi connectivity index (χ4v) is 2.22. The summed E-state index contributed by atoms with van der Waals surface area (Å²) in [6.07, 6.45) is 0. The van der Waals surface area contributed by atoms with E-state index in [0.29, 0.717) is 0 Å². The second kappa shape index (κ2) is 4.35. The van der Waals surface area contributed by atoms with Gasteiger partial charge in [-0.3, -0.25) is 0 Å². The lowest BCUT2D eigenvalue weighted by atomic mass is 10.2. The van der Waals surface area contributed by atoms with Crippen LogP contribution in [0.5, 0.6) is 0 Å². The van der Waals surface area contributed by atoms with Crippen molar-refractivity contribution in [1.82, 2.24) is 10.3 Å². The van der Waals surface area contributed by atoms with Crippen molar-refractivity contribution in [3.05, 3.63) is 35.9 Å². The Labute approximate surface area is 92.3 Å². The Kier molecular flexibility index (Phi) is 2.91. The van der Waals surface area contributed by atoms with Crippen molar-refractivity contribution < 1.29 is 4.79 Å². The van der Waals surface area contributed by atoms with E-state index in [9.17, 15) is 4.79 Å². The van der Waals surface area contributed by atoms with Crippen LogP contribution in [-0.2, 0) is 0 Å². The number of amides is 2. The number of benzene rings is 1. The lowest BCUT2D eigenvalue weighted by molar-refractivity contribution is 0.200. The molecular formula is C10H11N3OS. The summed E-state index contributed by atoms with van der Waals surface area (Å²) >= 11 is 1.52. The molecule has 5 heteroatoms. The minimum atomic E-state index is -0.190. The van der Waals surface area contributed by atoms with E-state index in [-0.39, 0.29) is 11.4 Å². The molecule has 1 aliphatic heterocycles. The van der Waals surface area contributed by atoms with Crippen LogP contribution >= 0.6 is 11.8 Å². The molecule has 2 rings (SSSR count). The van der Waals surface area contributed by atoms with Gasteiger partial charge in [-0.15, -0.1) is 0 Å². The third-order valence-electron chi connectivity index (χ3n) is 2.09. The van der Waals surface area contributed by atoms with Gasteiger partial charge in [-0.2, -0.15) is 10.1 Å². The lowest BCUT2D eigenvalue weighted by Crippen LogP contribution is -2.33. The number of hydrogen-bond acceptors (Lipinski definition) is 3. The minimum Gasteiger partial charge on any atom is -0.340 e. The number of hydrazone groups is 1. The molecule has 1 aromatic rings. The molecule has 0 saturated heterocycles. The largest absolute Gasteiger partial charge is 0.340 e. The summed E-state index contributed by atoms with van der Waals surface area (Å²) in [5.41, 5.74) is 2.76. The predicted octanol–water partition coefficient (Wildman–Crippen LogP) is 2.02. The molecule has 0 aliphatic carbocycles. The normalized spacial score (nSPS) is 19.3. The summed E-state index contributed by atoms with van der Waals surface area (Å²) in [7, 11) is 1.60. The maximum atomic E-state index is 11.5. The molecule has 1 aromatic carbocycles. The SMILES string of the molecule is CNC(=O)N1N=CSC1c1ccccc1. The number of rotatable bonds is 1. The van der Waals surface area contributed by atoms with Crippen molar-refractivity contribution in [2.45, 2.75) is 5.37 Å². The van der Waals surface area contributed by atoms with Crippen LogP contribution in [-0.4, -0.2) is 23.6 Å². The molecule has 1 N–H and O–H groups in total. The maximum Gasteiger partial charge on any atom is 0.338 e. The summed E-state index contributed by atoms with van der Waals surface area (Å²) in [4.78, 5) is 11.5. The van der Waals surface area contributed by atoms with E-state index >= 15 is 0 Å². The van der Waals surface area contributed by atoms with Crippen LogP contribution in [0.2, 0.25) is 0 Å². The van der Waals surface area contributed by atoms with Gasteiger partial charge in [-0.05, 0) is 5.56 Å². The van der Waals surface area contributed by atoms with Crippen LogP contribution in [0.1, 0.15) is 10.9 Å². The number of carbonyl (C=O) groups is 1. The van der Waals surface area contributed by atoms with E-state index in [4.69, 9.17) is 0 Å². The number of carbonyl (C=O) groups excluding carboxylic acids is 1. The first-order valence-corrected chi connectivity index (χ1v) is 5.51. The number of nitrogens with zero attached hydrogens (tertiary/aromatic N) is 2. The molecule has 0 aromatic heterocycles. The van der Waals surface area contributed by atoms with Crippen LogP contribution in [0, 0.1) is 0 Å². The molecule has 78 valence electrons. The first kappa shape index (κ1) is 10.0. The van der Waals surface area contributed by atoms with Gasteiger partial charge in [0.25, 0.3) is 0 Å². The topological polar surface area (TPSA) is 44.7 Å². The van der Waals surface area contributed by atoms with Gasteiger partial charge in [-0.1, -0.05) is 42.1 Å². The fourth-order valence-electron chi connectivity index (χ4n) is 1.36. The zero-order valence-electron chi connectivity index (χ0n) is 8.25. The Morgan fingerprint density at radius 2 is 2.20 bits per heavy atom. The van der Waals surface area contributed by atoms with Crippen molar-refractivity contribution in [2.75, 3.05) is 7.05 Å². The second-order valence-corrected chi connectivity index (χ2v) is 3.95. The lowest BCUT2D eigenvalue weighted by Gasteiger charge is -2.20. The van der Waals surface area contributed by atoms with Gasteiger partial charge in [0, 0.05) is 7.05 Å². The van der Waals surface area contributed by atoms with E-state index in [1.54, 1.807) is 12.6 Å². The van der Waals surface area contributed by atoms with E-state index in [1.165, 1.54) is 16.8 Å². The number of thioether (sulfide) groups is 1. The van der Waals surface area contributed by atoms with Crippen molar-refractivity contribution in [2.24, 2.45) is 5.10 Å². The van der Waals surface area contributed by atoms with Gasteiger partial charge in [0.2, 0.25) is 0 Å². The highest BCUT2D eigenvalue weighted by atomic mass is 32.2. The van der Waals surface area contributed by atoms with E-state index in [0.717, 1.165) is 5.56 Å². The van der Waals surface area contributed by atoms with E-state index in [1.807, 2.05) is 30.3 Å². The van der Waals surface area contributed by atoms with Gasteiger partial charge in [0.1, 0.15) is 5.37 Å². The first-order chi connectivity index (χ1) is 7.33. The first-order valence-electron chi connectivity index (χ1n) is 4.56. The molecule has 15 heavy (non-hydrogen) atoms. The van der Waals surface area contributed by atoms with Crippen molar-refractivity contribution >= 4 is 23.3 Å². The molecule has 4 nitrogen and oxygen atoms in total. The summed E-state index contributed by atoms with van der Waals surface area (Å²) in [6, 6.07) is 9.65. The van der Waals surface area contributed by atoms with Gasteiger partial charge in [0.15, 0.2) is 0 Å². The maximum absolute atomic E-state index is 11.5. The molecule has 0 spiro atoms. The molecule has 1 heterocycles. The zero-order chi connectivity index (χ0) is 10.7. The second-order valence-electron chi connectivity index (χ2n) is 3.02. The molecule has 1 aliphatic rings. The third kappa shape index (κ3) is 1.97. The zero-order valence-corrected chi connectivity index (χ0v) is 9.07. The predicted molar refractivity (Wildman–Crippen MR) is 61.6 cm³/mol. The average molecular weight is 221 g/mol. The number of nitrogens with one attached hydrogen (secondary N) is 1. The number of hydrogen-bond donors (Lipinski definition) is 1. The monoisotopic (exact) mass is 221 g/mol. The fraction of sp³-hybridized carbons (Fsp3) is 0.200. The molecule has 0 fully saturated rings. The van der Waals surface area contributed by atoms with Gasteiger partial charge in [0.05, 0.1) is 5.55 Å². The molecule has 2 amide bonds. The Balaban J connectivity index is 2.21. The van der Waals surface area contributed by atoms with E-state index in [2.05, 4.69) is 10.4 Å². The molecule has 0 bridgehead atoms. The summed E-state index contributed by atoms with van der Waals surface area (Å²) < 4.78 is 0. The smallest absolute Gasteiger partial charge is 0.338 e. The van der Waals surface area contributed by atoms with Crippen LogP contribution in [0.25, 0.3) is 0 Å².